The van der Waals surface area contributed by atoms with Crippen molar-refractivity contribution in [1.29, 1.82) is 5.41 Å². The first-order valence-electron chi connectivity index (χ1n) is 11.1. The van der Waals surface area contributed by atoms with Crippen LogP contribution in [0.25, 0.3) is 0 Å². The van der Waals surface area contributed by atoms with Crippen LogP contribution in [0.2, 0.25) is 0 Å². The summed E-state index contributed by atoms with van der Waals surface area (Å²) in [4.78, 5) is 22.3. The normalized spacial score (nSPS) is 18.6. The molecule has 0 saturated carbocycles. The van der Waals surface area contributed by atoms with Crippen LogP contribution in [0.15, 0.2) is 85.1 Å². The first-order chi connectivity index (χ1) is 15.7. The van der Waals surface area contributed by atoms with Crippen molar-refractivity contribution in [2.75, 3.05) is 24.5 Å². The number of guanidine groups is 1. The Labute approximate surface area is 188 Å². The summed E-state index contributed by atoms with van der Waals surface area (Å²) in [6.45, 7) is 2.38. The predicted octanol–water partition coefficient (Wildman–Crippen LogP) is 3.61. The van der Waals surface area contributed by atoms with E-state index in [4.69, 9.17) is 5.41 Å². The van der Waals surface area contributed by atoms with E-state index in [-0.39, 0.29) is 11.9 Å². The number of carbonyl (C=O) groups excluding carboxylic acids is 1. The number of pyridine rings is 1. The van der Waals surface area contributed by atoms with Crippen LogP contribution in [0.5, 0.6) is 0 Å². The van der Waals surface area contributed by atoms with Gasteiger partial charge in [0.25, 0.3) is 5.91 Å². The molecule has 0 unspecified atom stereocenters. The molecule has 1 aromatic heterocycles. The number of carbonyl (C=O) groups is 1. The van der Waals surface area contributed by atoms with Crippen LogP contribution in [-0.4, -0.2) is 41.4 Å². The molecular formula is C26H27N5O. The maximum atomic E-state index is 13.9. The van der Waals surface area contributed by atoms with Crippen LogP contribution in [0.1, 0.15) is 24.0 Å². The second-order valence-corrected chi connectivity index (χ2v) is 8.49. The van der Waals surface area contributed by atoms with E-state index in [2.05, 4.69) is 15.2 Å². The Morgan fingerprint density at radius 2 is 1.50 bits per heavy atom. The van der Waals surface area contributed by atoms with Crippen molar-refractivity contribution >= 4 is 17.7 Å². The summed E-state index contributed by atoms with van der Waals surface area (Å²) in [6, 6.07) is 25.5. The number of nitrogens with zero attached hydrogens (tertiary/aromatic N) is 3. The third-order valence-electron chi connectivity index (χ3n) is 6.58. The number of aromatic nitrogens is 1. The minimum absolute atomic E-state index is 0.0768. The van der Waals surface area contributed by atoms with Crippen LogP contribution >= 0.6 is 0 Å². The minimum atomic E-state index is -1.06. The molecule has 1 amide bonds. The van der Waals surface area contributed by atoms with Crippen LogP contribution in [0.4, 0.5) is 5.82 Å². The fraction of sp³-hybridized carbons (Fsp3) is 0.269. The van der Waals surface area contributed by atoms with Crippen molar-refractivity contribution < 1.29 is 4.79 Å². The maximum absolute atomic E-state index is 13.9. The van der Waals surface area contributed by atoms with Gasteiger partial charge in [0.15, 0.2) is 11.5 Å². The predicted molar refractivity (Wildman–Crippen MR) is 125 cm³/mol. The van der Waals surface area contributed by atoms with Gasteiger partial charge in [-0.1, -0.05) is 66.7 Å². The van der Waals surface area contributed by atoms with E-state index in [9.17, 15) is 4.79 Å². The summed E-state index contributed by atoms with van der Waals surface area (Å²) >= 11 is 0. The molecule has 2 aliphatic rings. The maximum Gasteiger partial charge on any atom is 0.264 e. The Bertz CT molecular complexity index is 1040. The number of amides is 1. The summed E-state index contributed by atoms with van der Waals surface area (Å²) in [6.07, 6.45) is 3.76. The van der Waals surface area contributed by atoms with Gasteiger partial charge in [-0.05, 0) is 42.0 Å². The summed E-state index contributed by atoms with van der Waals surface area (Å²) in [5, 5.41) is 11.9. The lowest BCUT2D eigenvalue weighted by molar-refractivity contribution is -0.130. The lowest BCUT2D eigenvalue weighted by Gasteiger charge is -2.34. The quantitative estimate of drug-likeness (QED) is 0.655. The largest absolute Gasteiger partial charge is 0.357 e. The molecule has 2 saturated heterocycles. The average molecular weight is 426 g/mol. The van der Waals surface area contributed by atoms with E-state index in [1.54, 1.807) is 4.90 Å². The summed E-state index contributed by atoms with van der Waals surface area (Å²) in [5.41, 5.74) is 0.649. The molecule has 2 aromatic carbocycles. The van der Waals surface area contributed by atoms with Crippen molar-refractivity contribution in [3.63, 3.8) is 0 Å². The number of hydrogen-bond donors (Lipinski definition) is 2. The topological polar surface area (TPSA) is 72.3 Å². The van der Waals surface area contributed by atoms with Crippen molar-refractivity contribution in [1.82, 2.24) is 15.2 Å². The highest BCUT2D eigenvalue weighted by molar-refractivity contribution is 6.10. The number of rotatable bonds is 5. The molecular weight excluding hydrogens is 398 g/mol. The van der Waals surface area contributed by atoms with E-state index in [0.29, 0.717) is 12.5 Å². The van der Waals surface area contributed by atoms with Gasteiger partial charge >= 0.3 is 0 Å². The zero-order valence-electron chi connectivity index (χ0n) is 17.9. The molecule has 32 heavy (non-hydrogen) atoms. The standard InChI is InChI=1S/C26H27N5O/c27-25-29-26(21-9-3-1-4-10-21,22-11-5-2-6-12-22)24(32)31(25)19-20-14-17-30(18-15-20)23-13-7-8-16-28-23/h1-13,16,20H,14-15,17-19H2,(H2,27,29). The molecule has 3 aromatic rings. The molecule has 0 atom stereocenters. The van der Waals surface area contributed by atoms with Gasteiger partial charge in [-0.25, -0.2) is 4.98 Å². The fourth-order valence-corrected chi connectivity index (χ4v) is 4.85. The van der Waals surface area contributed by atoms with Crippen LogP contribution in [-0.2, 0) is 10.3 Å². The van der Waals surface area contributed by atoms with E-state index in [1.165, 1.54) is 0 Å². The molecule has 0 radical (unpaired) electrons. The average Bonchev–Trinajstić information content (AvgIpc) is 3.12. The van der Waals surface area contributed by atoms with Crippen molar-refractivity contribution in [3.8, 4) is 0 Å². The second kappa shape index (κ2) is 8.46. The third kappa shape index (κ3) is 3.51. The van der Waals surface area contributed by atoms with Crippen molar-refractivity contribution in [2.24, 2.45) is 5.92 Å². The van der Waals surface area contributed by atoms with Crippen molar-refractivity contribution in [3.05, 3.63) is 96.2 Å². The van der Waals surface area contributed by atoms with E-state index >= 15 is 0 Å². The van der Waals surface area contributed by atoms with Gasteiger partial charge in [-0.2, -0.15) is 0 Å². The monoisotopic (exact) mass is 425 g/mol. The third-order valence-corrected chi connectivity index (χ3v) is 6.58. The Hall–Kier alpha value is -3.67. The van der Waals surface area contributed by atoms with Gasteiger partial charge in [0.2, 0.25) is 0 Å². The number of hydrogen-bond acceptors (Lipinski definition) is 4. The smallest absolute Gasteiger partial charge is 0.264 e. The van der Waals surface area contributed by atoms with Crippen LogP contribution in [0, 0.1) is 11.3 Å². The highest BCUT2D eigenvalue weighted by Gasteiger charge is 2.52. The molecule has 3 heterocycles. The zero-order valence-corrected chi connectivity index (χ0v) is 17.9. The summed E-state index contributed by atoms with van der Waals surface area (Å²) in [5.74, 6) is 1.45. The number of benzene rings is 2. The Morgan fingerprint density at radius 3 is 2.06 bits per heavy atom. The SMILES string of the molecule is N=C1NC(c2ccccc2)(c2ccccc2)C(=O)N1CC1CCN(c2ccccn2)CC1. The lowest BCUT2D eigenvalue weighted by atomic mass is 9.82. The van der Waals surface area contributed by atoms with E-state index in [1.807, 2.05) is 85.1 Å². The number of nitrogens with one attached hydrogen (secondary N) is 2. The van der Waals surface area contributed by atoms with Crippen LogP contribution < -0.4 is 10.2 Å². The van der Waals surface area contributed by atoms with Gasteiger partial charge in [0.05, 0.1) is 0 Å². The molecule has 5 rings (SSSR count). The first-order valence-corrected chi connectivity index (χ1v) is 11.1. The molecule has 6 heteroatoms. The molecule has 2 N–H and O–H groups in total. The first kappa shape index (κ1) is 20.2. The molecule has 162 valence electrons. The highest BCUT2D eigenvalue weighted by atomic mass is 16.2. The highest BCUT2D eigenvalue weighted by Crippen LogP contribution is 2.36. The van der Waals surface area contributed by atoms with Gasteiger partial charge < -0.3 is 10.2 Å². The zero-order chi connectivity index (χ0) is 22.0. The summed E-state index contributed by atoms with van der Waals surface area (Å²) < 4.78 is 0. The molecule has 0 spiro atoms. The summed E-state index contributed by atoms with van der Waals surface area (Å²) in [7, 11) is 0. The van der Waals surface area contributed by atoms with Crippen molar-refractivity contribution in [2.45, 2.75) is 18.4 Å². The van der Waals surface area contributed by atoms with Gasteiger partial charge in [-0.15, -0.1) is 0 Å². The molecule has 0 bridgehead atoms. The number of piperidine rings is 1. The molecule has 6 nitrogen and oxygen atoms in total. The van der Waals surface area contributed by atoms with Gasteiger partial charge in [0.1, 0.15) is 5.82 Å². The Morgan fingerprint density at radius 1 is 0.906 bits per heavy atom. The Balaban J connectivity index is 1.36. The van der Waals surface area contributed by atoms with E-state index < -0.39 is 5.54 Å². The Kier molecular flexibility index (Phi) is 5.35. The fourth-order valence-electron chi connectivity index (χ4n) is 4.85. The van der Waals surface area contributed by atoms with E-state index in [0.717, 1.165) is 42.9 Å². The second-order valence-electron chi connectivity index (χ2n) is 8.49. The van der Waals surface area contributed by atoms with Crippen LogP contribution in [0.3, 0.4) is 0 Å². The minimum Gasteiger partial charge on any atom is -0.357 e. The molecule has 0 aliphatic carbocycles. The molecule has 2 fully saturated rings. The lowest BCUT2D eigenvalue weighted by Crippen LogP contribution is -2.46. The number of anilines is 1. The molecule has 2 aliphatic heterocycles. The van der Waals surface area contributed by atoms with Gasteiger partial charge in [0, 0.05) is 25.8 Å². The van der Waals surface area contributed by atoms with Gasteiger partial charge in [-0.3, -0.25) is 15.1 Å².